The van der Waals surface area contributed by atoms with Crippen molar-refractivity contribution in [3.63, 3.8) is 0 Å². The van der Waals surface area contributed by atoms with Gasteiger partial charge < -0.3 is 19.7 Å². The maximum Gasteiger partial charge on any atom is 0.333 e. The van der Waals surface area contributed by atoms with E-state index in [-0.39, 0.29) is 36.4 Å². The molecule has 0 radical (unpaired) electrons. The number of allylic oxidation sites excluding steroid dienone is 1. The maximum atomic E-state index is 13.4. The lowest BCUT2D eigenvalue weighted by Crippen LogP contribution is -2.73. The van der Waals surface area contributed by atoms with E-state index in [4.69, 9.17) is 21.1 Å². The second-order valence-electron chi connectivity index (χ2n) is 12.7. The number of esters is 2. The quantitative estimate of drug-likeness (QED) is 0.310. The molecule has 38 heavy (non-hydrogen) atoms. The van der Waals surface area contributed by atoms with Crippen molar-refractivity contribution in [1.29, 1.82) is 0 Å². The van der Waals surface area contributed by atoms with Crippen LogP contribution in [0.2, 0.25) is 0 Å². The number of alkyl halides is 1. The van der Waals surface area contributed by atoms with E-state index < -0.39 is 51.5 Å². The van der Waals surface area contributed by atoms with Crippen molar-refractivity contribution in [2.45, 2.75) is 102 Å². The Morgan fingerprint density at radius 1 is 1.21 bits per heavy atom. The summed E-state index contributed by atoms with van der Waals surface area (Å²) in [5, 5.41) is 23.8. The van der Waals surface area contributed by atoms with Crippen molar-refractivity contribution in [2.75, 3.05) is 0 Å². The number of cyclic esters (lactones) is 1. The lowest BCUT2D eigenvalue weighted by molar-refractivity contribution is -0.247. The highest BCUT2D eigenvalue weighted by atomic mass is 35.5. The largest absolute Gasteiger partial charge is 0.458 e. The molecule has 2 N–H and O–H groups in total. The molecular weight excluding hydrogens is 508 g/mol. The minimum absolute atomic E-state index is 0.186. The van der Waals surface area contributed by atoms with Crippen LogP contribution in [0.3, 0.4) is 0 Å². The molecule has 0 unspecified atom stereocenters. The van der Waals surface area contributed by atoms with E-state index in [9.17, 15) is 24.6 Å². The standard InChI is InChI=1S/C30H39ClO7/c1-15-12-22(38-26(34)16(15)2)17(3)20-14-25(37-18(4)32)30(36)21-13-23(31)29(35)10-7-8-24(33)28(29,6)19(21)9-11-27(20,30)5/h7-8,14,17,19,21-23,25,35-36H,9-13H2,1-6H3/t17-,19+,21-,22-,23+,25+,27-,28+,29-,30+/m1/s1. The molecule has 0 saturated heterocycles. The van der Waals surface area contributed by atoms with Gasteiger partial charge in [0, 0.05) is 30.3 Å². The third-order valence-electron chi connectivity index (χ3n) is 11.2. The van der Waals surface area contributed by atoms with Gasteiger partial charge in [-0.1, -0.05) is 31.1 Å². The predicted molar refractivity (Wildman–Crippen MR) is 141 cm³/mol. The third-order valence-corrected chi connectivity index (χ3v) is 11.7. The fraction of sp³-hybridized carbons (Fsp3) is 0.700. The van der Waals surface area contributed by atoms with Crippen molar-refractivity contribution in [3.8, 4) is 0 Å². The molecule has 0 aromatic rings. The van der Waals surface area contributed by atoms with Gasteiger partial charge in [0.25, 0.3) is 0 Å². The number of hydrogen-bond acceptors (Lipinski definition) is 7. The molecule has 208 valence electrons. The monoisotopic (exact) mass is 546 g/mol. The van der Waals surface area contributed by atoms with E-state index in [0.717, 1.165) is 11.1 Å². The molecule has 5 rings (SSSR count). The van der Waals surface area contributed by atoms with Crippen molar-refractivity contribution < 1.29 is 34.1 Å². The van der Waals surface area contributed by atoms with Crippen LogP contribution < -0.4 is 0 Å². The first-order valence-corrected chi connectivity index (χ1v) is 14.1. The first kappa shape index (κ1) is 27.6. The van der Waals surface area contributed by atoms with Crippen LogP contribution in [0.5, 0.6) is 0 Å². The number of rotatable bonds is 3. The van der Waals surface area contributed by atoms with Crippen LogP contribution in [0.25, 0.3) is 0 Å². The number of hydrogen-bond donors (Lipinski definition) is 2. The zero-order valence-corrected chi connectivity index (χ0v) is 23.8. The number of fused-ring (bicyclic) bond motifs is 5. The van der Waals surface area contributed by atoms with Gasteiger partial charge in [0.2, 0.25) is 0 Å². The third kappa shape index (κ3) is 3.37. The van der Waals surface area contributed by atoms with Crippen LogP contribution in [0.1, 0.15) is 73.6 Å². The fourth-order valence-corrected chi connectivity index (χ4v) is 9.13. The Balaban J connectivity index is 1.59. The van der Waals surface area contributed by atoms with E-state index in [0.29, 0.717) is 24.8 Å². The molecule has 8 heteroatoms. The van der Waals surface area contributed by atoms with Crippen LogP contribution >= 0.6 is 11.6 Å². The molecule has 10 atom stereocenters. The first-order chi connectivity index (χ1) is 17.6. The normalized spacial score (nSPS) is 47.0. The first-order valence-electron chi connectivity index (χ1n) is 13.7. The van der Waals surface area contributed by atoms with Crippen LogP contribution in [-0.2, 0) is 23.9 Å². The van der Waals surface area contributed by atoms with Gasteiger partial charge in [0.15, 0.2) is 5.78 Å². The Bertz CT molecular complexity index is 1190. The number of aliphatic hydroxyl groups is 2. The summed E-state index contributed by atoms with van der Waals surface area (Å²) in [6.45, 7) is 10.8. The highest BCUT2D eigenvalue weighted by Crippen LogP contribution is 2.69. The zero-order chi connectivity index (χ0) is 28.0. The molecule has 4 aliphatic carbocycles. The molecule has 0 amide bonds. The van der Waals surface area contributed by atoms with E-state index in [1.807, 2.05) is 26.8 Å². The van der Waals surface area contributed by atoms with E-state index >= 15 is 0 Å². The summed E-state index contributed by atoms with van der Waals surface area (Å²) in [5.74, 6) is -2.15. The highest BCUT2D eigenvalue weighted by Gasteiger charge is 2.74. The van der Waals surface area contributed by atoms with Crippen LogP contribution in [0.4, 0.5) is 0 Å². The summed E-state index contributed by atoms with van der Waals surface area (Å²) < 4.78 is 11.6. The SMILES string of the molecule is CC(=O)O[C@H]1C=C([C@@H](C)[C@H]2CC(C)=C(C)C(=O)O2)[C@@]2(C)CC[C@H]3[C@@H](C[C@H](Cl)[C@]4(O)CC=CC(=O)[C@]34C)[C@]12O. The summed E-state index contributed by atoms with van der Waals surface area (Å²) in [5.41, 5.74) is -2.49. The second kappa shape index (κ2) is 8.77. The molecule has 0 bridgehead atoms. The number of ether oxygens (including phenoxy) is 2. The molecule has 0 aromatic carbocycles. The Kier molecular flexibility index (Phi) is 6.37. The minimum Gasteiger partial charge on any atom is -0.458 e. The summed E-state index contributed by atoms with van der Waals surface area (Å²) >= 11 is 6.89. The molecular formula is C30H39ClO7. The van der Waals surface area contributed by atoms with E-state index in [2.05, 4.69) is 0 Å². The van der Waals surface area contributed by atoms with Gasteiger partial charge in [-0.3, -0.25) is 9.59 Å². The van der Waals surface area contributed by atoms with Crippen LogP contribution in [0, 0.1) is 28.6 Å². The number of carbonyl (C=O) groups is 3. The fourth-order valence-electron chi connectivity index (χ4n) is 8.62. The summed E-state index contributed by atoms with van der Waals surface area (Å²) in [6.07, 6.45) is 5.93. The van der Waals surface area contributed by atoms with Gasteiger partial charge in [-0.05, 0) is 70.4 Å². The number of halogens is 1. The Morgan fingerprint density at radius 2 is 1.89 bits per heavy atom. The molecule has 2 saturated carbocycles. The lowest BCUT2D eigenvalue weighted by Gasteiger charge is -2.65. The molecule has 5 aliphatic rings. The minimum atomic E-state index is -1.55. The molecule has 0 aromatic heterocycles. The zero-order valence-electron chi connectivity index (χ0n) is 23.0. The predicted octanol–water partition coefficient (Wildman–Crippen LogP) is 4.19. The van der Waals surface area contributed by atoms with Gasteiger partial charge >= 0.3 is 11.9 Å². The Labute approximate surface area is 229 Å². The number of carbonyl (C=O) groups excluding carboxylic acids is 3. The van der Waals surface area contributed by atoms with Crippen molar-refractivity contribution in [2.24, 2.45) is 28.6 Å². The van der Waals surface area contributed by atoms with Gasteiger partial charge in [0.1, 0.15) is 17.8 Å². The summed E-state index contributed by atoms with van der Waals surface area (Å²) in [6, 6.07) is 0. The lowest BCUT2D eigenvalue weighted by atomic mass is 9.42. The van der Waals surface area contributed by atoms with Gasteiger partial charge in [-0.2, -0.15) is 0 Å². The van der Waals surface area contributed by atoms with Gasteiger partial charge in [-0.15, -0.1) is 11.6 Å². The number of ketones is 1. The van der Waals surface area contributed by atoms with E-state index in [1.54, 1.807) is 19.9 Å². The second-order valence-corrected chi connectivity index (χ2v) is 13.2. The molecule has 1 heterocycles. The van der Waals surface area contributed by atoms with Gasteiger partial charge in [-0.25, -0.2) is 4.79 Å². The highest BCUT2D eigenvalue weighted by molar-refractivity contribution is 6.22. The average molecular weight is 547 g/mol. The Hall–Kier alpha value is -1.96. The summed E-state index contributed by atoms with van der Waals surface area (Å²) in [7, 11) is 0. The van der Waals surface area contributed by atoms with E-state index in [1.165, 1.54) is 13.0 Å². The summed E-state index contributed by atoms with van der Waals surface area (Å²) in [4.78, 5) is 38.2. The molecule has 2 fully saturated rings. The Morgan fingerprint density at radius 3 is 2.53 bits per heavy atom. The maximum absolute atomic E-state index is 13.4. The van der Waals surface area contributed by atoms with Crippen molar-refractivity contribution in [1.82, 2.24) is 0 Å². The molecule has 1 aliphatic heterocycles. The average Bonchev–Trinajstić information content (AvgIpc) is 3.07. The molecule has 0 spiro atoms. The van der Waals surface area contributed by atoms with Crippen molar-refractivity contribution >= 4 is 29.3 Å². The van der Waals surface area contributed by atoms with Crippen LogP contribution in [-0.4, -0.2) is 56.7 Å². The van der Waals surface area contributed by atoms with Crippen LogP contribution in [0.15, 0.2) is 34.9 Å². The van der Waals surface area contributed by atoms with Gasteiger partial charge in [0.05, 0.1) is 16.4 Å². The van der Waals surface area contributed by atoms with Crippen molar-refractivity contribution in [3.05, 3.63) is 34.9 Å². The smallest absolute Gasteiger partial charge is 0.333 e. The molecule has 7 nitrogen and oxygen atoms in total. The topological polar surface area (TPSA) is 110 Å².